The number of aromatic nitrogens is 1. The van der Waals surface area contributed by atoms with Crippen molar-refractivity contribution >= 4 is 16.9 Å². The number of hydrogen-bond acceptors (Lipinski definition) is 3. The number of fused-ring (bicyclic) bond motifs is 1. The maximum absolute atomic E-state index is 12.2. The molecule has 6 N–H and O–H groups in total. The van der Waals surface area contributed by atoms with Crippen molar-refractivity contribution in [2.45, 2.75) is 82.0 Å². The van der Waals surface area contributed by atoms with Crippen LogP contribution in [0.3, 0.4) is 0 Å². The van der Waals surface area contributed by atoms with Crippen LogP contribution in [0.4, 0.5) is 0 Å². The van der Waals surface area contributed by atoms with Crippen molar-refractivity contribution in [3.8, 4) is 11.8 Å². The molecule has 2 fully saturated rings. The molecule has 37 heavy (non-hydrogen) atoms. The van der Waals surface area contributed by atoms with Crippen LogP contribution in [0.5, 0.6) is 0 Å². The Kier molecular flexibility index (Phi) is 5.93. The number of benzene rings is 1. The van der Waals surface area contributed by atoms with Gasteiger partial charge >= 0.3 is 0 Å². The van der Waals surface area contributed by atoms with Gasteiger partial charge in [0.1, 0.15) is 0 Å². The third-order valence-electron chi connectivity index (χ3n) is 10.2. The van der Waals surface area contributed by atoms with E-state index in [2.05, 4.69) is 63.5 Å². The third-order valence-corrected chi connectivity index (χ3v) is 10.2. The minimum atomic E-state index is -0.898. The third kappa shape index (κ3) is 4.17. The predicted molar refractivity (Wildman–Crippen MR) is 148 cm³/mol. The van der Waals surface area contributed by atoms with E-state index in [0.717, 1.165) is 50.5 Å². The number of nitrogens with one attached hydrogen (secondary N) is 2. The molecular formula is C31H40N4O2. The van der Waals surface area contributed by atoms with Crippen molar-refractivity contribution in [1.82, 2.24) is 10.3 Å². The topological polar surface area (TPSA) is 107 Å². The summed E-state index contributed by atoms with van der Waals surface area (Å²) >= 11 is 0. The molecule has 6 heteroatoms. The molecule has 0 radical (unpaired) electrons. The molecule has 6 rings (SSSR count). The minimum Gasteiger partial charge on any atom is -0.390 e. The van der Waals surface area contributed by atoms with E-state index in [1.165, 1.54) is 16.7 Å². The van der Waals surface area contributed by atoms with E-state index < -0.39 is 11.2 Å². The summed E-state index contributed by atoms with van der Waals surface area (Å²) in [5, 5.41) is 28.4. The van der Waals surface area contributed by atoms with Crippen LogP contribution in [0.1, 0.15) is 64.0 Å². The summed E-state index contributed by atoms with van der Waals surface area (Å²) in [5.41, 5.74) is 8.00. The van der Waals surface area contributed by atoms with Gasteiger partial charge < -0.3 is 26.2 Å². The molecule has 2 bridgehead atoms. The maximum atomic E-state index is 12.2. The fraction of sp³-hybridized carbons (Fsp3) is 0.581. The van der Waals surface area contributed by atoms with Crippen LogP contribution >= 0.6 is 0 Å². The summed E-state index contributed by atoms with van der Waals surface area (Å²) < 4.78 is 0. The normalized spacial score (nSPS) is 39.4. The summed E-state index contributed by atoms with van der Waals surface area (Å²) in [7, 11) is 1.66. The molecule has 4 aliphatic rings. The number of aliphatic imine (C=N–C) groups is 1. The number of hydrogen-bond donors (Lipinski definition) is 5. The van der Waals surface area contributed by atoms with Crippen LogP contribution < -0.4 is 11.1 Å². The van der Waals surface area contributed by atoms with Crippen LogP contribution in [-0.4, -0.2) is 45.4 Å². The highest BCUT2D eigenvalue weighted by molar-refractivity contribution is 5.80. The molecule has 7 atom stereocenters. The Bertz CT molecular complexity index is 1280. The number of para-hydroxylation sites is 1. The van der Waals surface area contributed by atoms with Crippen molar-refractivity contribution in [1.29, 1.82) is 0 Å². The lowest BCUT2D eigenvalue weighted by atomic mass is 9.58. The van der Waals surface area contributed by atoms with Crippen molar-refractivity contribution in [3.05, 3.63) is 47.7 Å². The van der Waals surface area contributed by atoms with Crippen molar-refractivity contribution < 1.29 is 10.2 Å². The average Bonchev–Trinajstić information content (AvgIpc) is 3.40. The summed E-state index contributed by atoms with van der Waals surface area (Å²) in [5.74, 6) is 7.81. The van der Waals surface area contributed by atoms with Gasteiger partial charge in [-0.2, -0.15) is 0 Å². The van der Waals surface area contributed by atoms with Gasteiger partial charge in [0, 0.05) is 42.4 Å². The molecule has 6 nitrogen and oxygen atoms in total. The molecule has 7 unspecified atom stereocenters. The van der Waals surface area contributed by atoms with Gasteiger partial charge in [-0.3, -0.25) is 4.99 Å². The number of allylic oxidation sites excluding steroid dienone is 2. The molecule has 2 aromatic rings. The lowest BCUT2D eigenvalue weighted by Crippen LogP contribution is -2.48. The molecule has 4 aliphatic carbocycles. The first-order valence-corrected chi connectivity index (χ1v) is 13.9. The lowest BCUT2D eigenvalue weighted by Gasteiger charge is -2.46. The standard InChI is InChI=1S/C31H40N4O2/c1-29(36)14-15-30-19-26-25(29)12-13-31(26,37)18-23(35-28(32)33-2)11-10-21(30)7-5-8-22(30)17-24-16-20-6-3-4-9-27(20)34-24/h3-4,6,8-9,16,21,23,25-26,34,36-37H,5,7,12-15,17-19H2,1-2H3,(H3,32,33,35). The molecule has 1 aromatic heterocycles. The first kappa shape index (κ1) is 24.6. The maximum Gasteiger partial charge on any atom is 0.189 e. The number of aromatic amines is 1. The van der Waals surface area contributed by atoms with E-state index in [1.807, 2.05) is 6.92 Å². The Hall–Kier alpha value is -2.75. The van der Waals surface area contributed by atoms with E-state index in [0.29, 0.717) is 18.8 Å². The second kappa shape index (κ2) is 8.92. The second-order valence-corrected chi connectivity index (χ2v) is 12.3. The Morgan fingerprint density at radius 1 is 1.14 bits per heavy atom. The zero-order chi connectivity index (χ0) is 25.8. The van der Waals surface area contributed by atoms with Gasteiger partial charge in [0.05, 0.1) is 17.2 Å². The summed E-state index contributed by atoms with van der Waals surface area (Å²) in [6.07, 6.45) is 9.83. The molecule has 0 saturated heterocycles. The van der Waals surface area contributed by atoms with E-state index >= 15 is 0 Å². The molecule has 196 valence electrons. The predicted octanol–water partition coefficient (Wildman–Crippen LogP) is 4.04. The lowest BCUT2D eigenvalue weighted by molar-refractivity contribution is -0.0687. The van der Waals surface area contributed by atoms with Crippen LogP contribution in [-0.2, 0) is 6.42 Å². The number of guanidine groups is 1. The number of nitrogens with two attached hydrogens (primary N) is 1. The highest BCUT2D eigenvalue weighted by Gasteiger charge is 2.60. The first-order valence-electron chi connectivity index (χ1n) is 13.9. The Morgan fingerprint density at radius 3 is 2.78 bits per heavy atom. The van der Waals surface area contributed by atoms with Gasteiger partial charge in [0.2, 0.25) is 0 Å². The fourth-order valence-corrected chi connectivity index (χ4v) is 8.22. The number of aliphatic hydroxyl groups is 2. The molecule has 1 aromatic carbocycles. The largest absolute Gasteiger partial charge is 0.390 e. The quantitative estimate of drug-likeness (QED) is 0.190. The summed E-state index contributed by atoms with van der Waals surface area (Å²) in [6.45, 7) is 2.00. The van der Waals surface area contributed by atoms with E-state index in [1.54, 1.807) is 7.05 Å². The van der Waals surface area contributed by atoms with E-state index in [-0.39, 0.29) is 29.2 Å². The summed E-state index contributed by atoms with van der Waals surface area (Å²) in [6, 6.07) is 10.4. The zero-order valence-corrected chi connectivity index (χ0v) is 22.1. The molecule has 0 aliphatic heterocycles. The van der Waals surface area contributed by atoms with E-state index in [9.17, 15) is 10.2 Å². The van der Waals surface area contributed by atoms with Crippen molar-refractivity contribution in [2.24, 2.45) is 33.9 Å². The second-order valence-electron chi connectivity index (χ2n) is 12.3. The minimum absolute atomic E-state index is 0.00232. The average molecular weight is 501 g/mol. The van der Waals surface area contributed by atoms with Crippen molar-refractivity contribution in [3.63, 3.8) is 0 Å². The Morgan fingerprint density at radius 2 is 1.97 bits per heavy atom. The molecule has 2 saturated carbocycles. The summed E-state index contributed by atoms with van der Waals surface area (Å²) in [4.78, 5) is 7.73. The highest BCUT2D eigenvalue weighted by atomic mass is 16.3. The number of H-pyrrole nitrogens is 1. The van der Waals surface area contributed by atoms with Gasteiger partial charge in [-0.05, 0) is 81.2 Å². The molecule has 1 heterocycles. The van der Waals surface area contributed by atoms with Gasteiger partial charge in [0.25, 0.3) is 0 Å². The van der Waals surface area contributed by atoms with Gasteiger partial charge in [0.15, 0.2) is 5.96 Å². The van der Waals surface area contributed by atoms with Crippen LogP contribution in [0, 0.1) is 35.0 Å². The van der Waals surface area contributed by atoms with Crippen molar-refractivity contribution in [2.75, 3.05) is 7.05 Å². The zero-order valence-electron chi connectivity index (χ0n) is 22.1. The smallest absolute Gasteiger partial charge is 0.189 e. The highest BCUT2D eigenvalue weighted by Crippen LogP contribution is 2.62. The molecular weight excluding hydrogens is 460 g/mol. The van der Waals surface area contributed by atoms with Crippen LogP contribution in [0.15, 0.2) is 47.0 Å². The number of rotatable bonds is 3. The van der Waals surface area contributed by atoms with Gasteiger partial charge in [-0.25, -0.2) is 0 Å². The SMILES string of the molecule is CN=C(N)NC1C#CC2CCC=C(Cc3cc4ccccc4[nH]3)C23CCC(C)(O)C2CCC(O)(C1)C2C3. The molecule has 1 spiro atoms. The van der Waals surface area contributed by atoms with Crippen LogP contribution in [0.25, 0.3) is 10.9 Å². The van der Waals surface area contributed by atoms with E-state index in [4.69, 9.17) is 5.73 Å². The van der Waals surface area contributed by atoms with Crippen LogP contribution in [0.2, 0.25) is 0 Å². The monoisotopic (exact) mass is 500 g/mol. The Balaban J connectivity index is 1.45. The molecule has 0 amide bonds. The number of nitrogens with zero attached hydrogens (tertiary/aromatic N) is 1. The van der Waals surface area contributed by atoms with Gasteiger partial charge in [-0.1, -0.05) is 41.7 Å². The first-order chi connectivity index (χ1) is 17.7. The van der Waals surface area contributed by atoms with Gasteiger partial charge in [-0.15, -0.1) is 0 Å². The fourth-order valence-electron chi connectivity index (χ4n) is 8.22. The Labute approximate surface area is 219 Å².